The van der Waals surface area contributed by atoms with Crippen LogP contribution in [0.4, 0.5) is 0 Å². The maximum atomic E-state index is 13.3. The highest BCUT2D eigenvalue weighted by molar-refractivity contribution is 7.20. The molecule has 0 unspecified atom stereocenters. The van der Waals surface area contributed by atoms with E-state index in [-0.39, 0.29) is 5.56 Å². The van der Waals surface area contributed by atoms with Crippen LogP contribution in [0.2, 0.25) is 0 Å². The van der Waals surface area contributed by atoms with Crippen LogP contribution in [0.25, 0.3) is 15.9 Å². The molecule has 7 nitrogen and oxygen atoms in total. The maximum absolute atomic E-state index is 13.3. The number of esters is 1. The van der Waals surface area contributed by atoms with Gasteiger partial charge in [-0.05, 0) is 56.4 Å². The molecule has 1 aliphatic carbocycles. The molecule has 3 heterocycles. The van der Waals surface area contributed by atoms with Crippen LogP contribution < -0.4 is 5.56 Å². The van der Waals surface area contributed by atoms with Crippen LogP contribution in [0.5, 0.6) is 0 Å². The van der Waals surface area contributed by atoms with E-state index in [4.69, 9.17) is 9.84 Å². The van der Waals surface area contributed by atoms with Crippen molar-refractivity contribution in [2.75, 3.05) is 6.61 Å². The molecule has 0 saturated carbocycles. The van der Waals surface area contributed by atoms with Gasteiger partial charge in [0.15, 0.2) is 0 Å². The third kappa shape index (κ3) is 3.27. The molecule has 0 amide bonds. The minimum atomic E-state index is -0.409. The molecule has 0 atom stereocenters. The highest BCUT2D eigenvalue weighted by Gasteiger charge is 2.25. The van der Waals surface area contributed by atoms with E-state index in [0.29, 0.717) is 33.8 Å². The molecule has 158 valence electrons. The topological polar surface area (TPSA) is 79.0 Å². The Bertz CT molecular complexity index is 1350. The zero-order valence-electron chi connectivity index (χ0n) is 17.4. The third-order valence-corrected chi connectivity index (χ3v) is 6.89. The number of ether oxygens (including phenoxy) is 1. The van der Waals surface area contributed by atoms with Crippen LogP contribution in [-0.4, -0.2) is 31.9 Å². The second kappa shape index (κ2) is 7.77. The second-order valence-corrected chi connectivity index (χ2v) is 8.61. The number of thiophene rings is 1. The first-order chi connectivity index (χ1) is 15.1. The SMILES string of the molecule is CCOC(=O)c1sc2ncn(Cc3nn(-c4ccccc4)c4c3CCC4)c(=O)c2c1C. The number of fused-ring (bicyclic) bond motifs is 2. The lowest BCUT2D eigenvalue weighted by molar-refractivity contribution is 0.0531. The number of nitrogens with zero attached hydrogens (tertiary/aromatic N) is 4. The molecule has 31 heavy (non-hydrogen) atoms. The molecule has 0 fully saturated rings. The monoisotopic (exact) mass is 434 g/mol. The first-order valence-corrected chi connectivity index (χ1v) is 11.2. The van der Waals surface area contributed by atoms with Gasteiger partial charge in [-0.2, -0.15) is 5.10 Å². The van der Waals surface area contributed by atoms with Crippen molar-refractivity contribution < 1.29 is 9.53 Å². The van der Waals surface area contributed by atoms with Crippen molar-refractivity contribution in [1.82, 2.24) is 19.3 Å². The van der Waals surface area contributed by atoms with Crippen LogP contribution in [0, 0.1) is 6.92 Å². The Labute approximate surface area is 182 Å². The molecule has 0 spiro atoms. The number of hydrogen-bond donors (Lipinski definition) is 0. The zero-order chi connectivity index (χ0) is 21.5. The van der Waals surface area contributed by atoms with Crippen molar-refractivity contribution in [1.29, 1.82) is 0 Å². The third-order valence-electron chi connectivity index (χ3n) is 5.71. The molecule has 0 aliphatic heterocycles. The van der Waals surface area contributed by atoms with Crippen molar-refractivity contribution in [2.45, 2.75) is 39.7 Å². The molecule has 0 saturated heterocycles. The number of rotatable bonds is 5. The largest absolute Gasteiger partial charge is 0.462 e. The molecule has 3 aromatic heterocycles. The summed E-state index contributed by atoms with van der Waals surface area (Å²) in [6.45, 7) is 4.19. The average molecular weight is 435 g/mol. The predicted octanol–water partition coefficient (Wildman–Crippen LogP) is 3.67. The van der Waals surface area contributed by atoms with Gasteiger partial charge in [-0.3, -0.25) is 9.36 Å². The normalized spacial score (nSPS) is 13.0. The van der Waals surface area contributed by atoms with E-state index in [0.717, 1.165) is 30.6 Å². The fraction of sp³-hybridized carbons (Fsp3) is 0.304. The van der Waals surface area contributed by atoms with Crippen molar-refractivity contribution >= 4 is 27.5 Å². The van der Waals surface area contributed by atoms with Gasteiger partial charge in [0.1, 0.15) is 9.71 Å². The van der Waals surface area contributed by atoms with Gasteiger partial charge in [0.2, 0.25) is 0 Å². The molecule has 0 bridgehead atoms. The fourth-order valence-corrected chi connectivity index (χ4v) is 5.28. The smallest absolute Gasteiger partial charge is 0.348 e. The lowest BCUT2D eigenvalue weighted by Crippen LogP contribution is -2.22. The van der Waals surface area contributed by atoms with Gasteiger partial charge in [0.25, 0.3) is 5.56 Å². The Morgan fingerprint density at radius 3 is 2.81 bits per heavy atom. The van der Waals surface area contributed by atoms with Crippen molar-refractivity contribution in [3.05, 3.63) is 74.4 Å². The van der Waals surface area contributed by atoms with Gasteiger partial charge in [-0.1, -0.05) is 18.2 Å². The molecule has 8 heteroatoms. The number of aryl methyl sites for hydroxylation is 1. The van der Waals surface area contributed by atoms with E-state index >= 15 is 0 Å². The van der Waals surface area contributed by atoms with E-state index in [1.165, 1.54) is 22.6 Å². The molecule has 0 N–H and O–H groups in total. The Kier molecular flexibility index (Phi) is 4.94. The lowest BCUT2D eigenvalue weighted by Gasteiger charge is -2.06. The number of carbonyl (C=O) groups excluding carboxylic acids is 1. The van der Waals surface area contributed by atoms with E-state index in [1.807, 2.05) is 35.0 Å². The van der Waals surface area contributed by atoms with Crippen LogP contribution >= 0.6 is 11.3 Å². The van der Waals surface area contributed by atoms with Crippen LogP contribution in [0.15, 0.2) is 41.5 Å². The Balaban J connectivity index is 1.56. The highest BCUT2D eigenvalue weighted by atomic mass is 32.1. The predicted molar refractivity (Wildman–Crippen MR) is 119 cm³/mol. The summed E-state index contributed by atoms with van der Waals surface area (Å²) in [7, 11) is 0. The standard InChI is InChI=1S/C23H22N4O3S/c1-3-30-23(29)20-14(2)19-21(31-20)24-13-26(22(19)28)12-17-16-10-7-11-18(16)27(25-17)15-8-5-4-6-9-15/h4-6,8-9,13H,3,7,10-12H2,1-2H3. The fourth-order valence-electron chi connectivity index (χ4n) is 4.25. The summed E-state index contributed by atoms with van der Waals surface area (Å²) in [5, 5.41) is 5.34. The highest BCUT2D eigenvalue weighted by Crippen LogP contribution is 2.29. The zero-order valence-corrected chi connectivity index (χ0v) is 18.2. The number of hydrogen-bond acceptors (Lipinski definition) is 6. The molecule has 1 aliphatic rings. The van der Waals surface area contributed by atoms with Gasteiger partial charge >= 0.3 is 5.97 Å². The second-order valence-electron chi connectivity index (χ2n) is 7.61. The van der Waals surface area contributed by atoms with E-state index in [1.54, 1.807) is 24.7 Å². The summed E-state index contributed by atoms with van der Waals surface area (Å²) in [6, 6.07) is 10.1. The molecular formula is C23H22N4O3S. The van der Waals surface area contributed by atoms with E-state index in [9.17, 15) is 9.59 Å². The van der Waals surface area contributed by atoms with Crippen molar-refractivity contribution in [2.24, 2.45) is 0 Å². The summed E-state index contributed by atoms with van der Waals surface area (Å²) < 4.78 is 8.72. The Morgan fingerprint density at radius 2 is 2.03 bits per heavy atom. The summed E-state index contributed by atoms with van der Waals surface area (Å²) in [5.41, 5.74) is 4.85. The van der Waals surface area contributed by atoms with Gasteiger partial charge in [-0.25, -0.2) is 14.5 Å². The molecule has 4 aromatic rings. The van der Waals surface area contributed by atoms with Gasteiger partial charge in [-0.15, -0.1) is 11.3 Å². The average Bonchev–Trinajstić information content (AvgIpc) is 3.46. The summed E-state index contributed by atoms with van der Waals surface area (Å²) in [4.78, 5) is 30.9. The summed E-state index contributed by atoms with van der Waals surface area (Å²) in [5.74, 6) is -0.409. The number of benzene rings is 1. The van der Waals surface area contributed by atoms with Crippen molar-refractivity contribution in [3.8, 4) is 5.69 Å². The maximum Gasteiger partial charge on any atom is 0.348 e. The quantitative estimate of drug-likeness (QED) is 0.448. The molecule has 1 aromatic carbocycles. The molecular weight excluding hydrogens is 412 g/mol. The lowest BCUT2D eigenvalue weighted by atomic mass is 10.2. The minimum absolute atomic E-state index is 0.157. The minimum Gasteiger partial charge on any atom is -0.462 e. The van der Waals surface area contributed by atoms with E-state index in [2.05, 4.69) is 4.98 Å². The van der Waals surface area contributed by atoms with Crippen LogP contribution in [-0.2, 0) is 24.1 Å². The van der Waals surface area contributed by atoms with Crippen molar-refractivity contribution in [3.63, 3.8) is 0 Å². The number of para-hydroxylation sites is 1. The van der Waals surface area contributed by atoms with E-state index < -0.39 is 5.97 Å². The summed E-state index contributed by atoms with van der Waals surface area (Å²) >= 11 is 1.20. The van der Waals surface area contributed by atoms with Crippen LogP contribution in [0.3, 0.4) is 0 Å². The van der Waals surface area contributed by atoms with Gasteiger partial charge < -0.3 is 4.74 Å². The number of aromatic nitrogens is 4. The number of carbonyl (C=O) groups is 1. The van der Waals surface area contributed by atoms with Crippen LogP contribution in [0.1, 0.15) is 45.5 Å². The summed E-state index contributed by atoms with van der Waals surface area (Å²) in [6.07, 6.45) is 4.59. The molecule has 5 rings (SSSR count). The van der Waals surface area contributed by atoms with Gasteiger partial charge in [0, 0.05) is 5.69 Å². The molecule has 0 radical (unpaired) electrons. The first-order valence-electron chi connectivity index (χ1n) is 10.4. The van der Waals surface area contributed by atoms with Gasteiger partial charge in [0.05, 0.1) is 36.2 Å². The Morgan fingerprint density at radius 1 is 1.23 bits per heavy atom. The first kappa shape index (κ1) is 19.7. The Hall–Kier alpha value is -3.26.